The Kier molecular flexibility index (Phi) is 2.99. The normalized spacial score (nSPS) is 10.9. The smallest absolute Gasteiger partial charge is 0.176 e. The van der Waals surface area contributed by atoms with E-state index in [1.165, 1.54) is 0 Å². The van der Waals surface area contributed by atoms with Gasteiger partial charge in [-0.15, -0.1) is 0 Å². The van der Waals surface area contributed by atoms with Crippen LogP contribution in [0.5, 0.6) is 0 Å². The fraction of sp³-hybridized carbons (Fsp3) is 0.250. The molecule has 0 unspecified atom stereocenters. The molecular weight excluding hydrogens is 224 g/mol. The summed E-state index contributed by atoms with van der Waals surface area (Å²) < 4.78 is 1.92. The number of carbonyl (C=O) groups excluding carboxylic acids is 1. The van der Waals surface area contributed by atoms with E-state index < -0.39 is 0 Å². The molecule has 1 N–H and O–H groups in total. The minimum absolute atomic E-state index is 0.0849. The van der Waals surface area contributed by atoms with Crippen LogP contribution < -0.4 is 5.32 Å². The Bertz CT molecular complexity index is 545. The van der Waals surface area contributed by atoms with Crippen molar-refractivity contribution in [2.45, 2.75) is 0 Å². The molecule has 1 aromatic heterocycles. The molecule has 16 heavy (non-hydrogen) atoms. The molecule has 1 aromatic carbocycles. The van der Waals surface area contributed by atoms with E-state index in [0.29, 0.717) is 17.1 Å². The van der Waals surface area contributed by atoms with Gasteiger partial charge in [-0.3, -0.25) is 4.79 Å². The van der Waals surface area contributed by atoms with Gasteiger partial charge in [0, 0.05) is 24.2 Å². The molecule has 0 aliphatic rings. The Morgan fingerprint density at radius 1 is 1.50 bits per heavy atom. The quantitative estimate of drug-likeness (QED) is 0.830. The minimum Gasteiger partial charge on any atom is -0.349 e. The number of aromatic nitrogens is 1. The molecule has 4 heteroatoms. The van der Waals surface area contributed by atoms with Crippen LogP contribution in [0.25, 0.3) is 10.9 Å². The number of aryl methyl sites for hydroxylation is 1. The molecule has 0 aliphatic heterocycles. The van der Waals surface area contributed by atoms with Crippen molar-refractivity contribution in [2.24, 2.45) is 7.05 Å². The molecule has 0 spiro atoms. The summed E-state index contributed by atoms with van der Waals surface area (Å²) >= 11 is 6.05. The van der Waals surface area contributed by atoms with Crippen LogP contribution in [0, 0.1) is 0 Å². The number of halogens is 1. The molecule has 3 nitrogen and oxygen atoms in total. The maximum atomic E-state index is 11.7. The summed E-state index contributed by atoms with van der Waals surface area (Å²) in [5.41, 5.74) is 1.69. The van der Waals surface area contributed by atoms with Crippen LogP contribution >= 0.6 is 11.6 Å². The van der Waals surface area contributed by atoms with Gasteiger partial charge in [0.25, 0.3) is 0 Å². The van der Waals surface area contributed by atoms with Crippen LogP contribution in [0.4, 0.5) is 0 Å². The van der Waals surface area contributed by atoms with Gasteiger partial charge in [0.2, 0.25) is 0 Å². The van der Waals surface area contributed by atoms with Crippen LogP contribution in [0.2, 0.25) is 5.02 Å². The van der Waals surface area contributed by atoms with Gasteiger partial charge in [-0.05, 0) is 13.1 Å². The van der Waals surface area contributed by atoms with Gasteiger partial charge < -0.3 is 9.88 Å². The van der Waals surface area contributed by atoms with E-state index in [2.05, 4.69) is 5.32 Å². The van der Waals surface area contributed by atoms with Gasteiger partial charge in [0.15, 0.2) is 5.78 Å². The molecule has 0 amide bonds. The second-order valence-electron chi connectivity index (χ2n) is 3.77. The first kappa shape index (κ1) is 11.2. The summed E-state index contributed by atoms with van der Waals surface area (Å²) in [5, 5.41) is 4.54. The number of nitrogens with one attached hydrogen (secondary N) is 1. The van der Waals surface area contributed by atoms with Crippen molar-refractivity contribution in [3.8, 4) is 0 Å². The first-order chi connectivity index (χ1) is 7.63. The van der Waals surface area contributed by atoms with Crippen molar-refractivity contribution < 1.29 is 4.79 Å². The maximum absolute atomic E-state index is 11.7. The monoisotopic (exact) mass is 236 g/mol. The van der Waals surface area contributed by atoms with E-state index in [4.69, 9.17) is 11.6 Å². The second-order valence-corrected chi connectivity index (χ2v) is 4.18. The van der Waals surface area contributed by atoms with Crippen molar-refractivity contribution in [1.29, 1.82) is 0 Å². The van der Waals surface area contributed by atoms with Gasteiger partial charge in [0.05, 0.1) is 17.1 Å². The summed E-state index contributed by atoms with van der Waals surface area (Å²) in [6.45, 7) is 0.351. The fourth-order valence-electron chi connectivity index (χ4n) is 1.77. The number of hydrogen-bond acceptors (Lipinski definition) is 2. The Hall–Kier alpha value is -1.32. The van der Waals surface area contributed by atoms with E-state index in [0.717, 1.165) is 10.9 Å². The highest BCUT2D eigenvalue weighted by Crippen LogP contribution is 2.25. The number of hydrogen-bond donors (Lipinski definition) is 1. The zero-order chi connectivity index (χ0) is 11.7. The molecule has 0 atom stereocenters. The van der Waals surface area contributed by atoms with Crippen LogP contribution in [0.1, 0.15) is 10.4 Å². The molecular formula is C12H13ClN2O. The predicted molar refractivity (Wildman–Crippen MR) is 66.2 cm³/mol. The third-order valence-electron chi connectivity index (χ3n) is 2.60. The molecule has 84 valence electrons. The predicted octanol–water partition coefficient (Wildman–Crippen LogP) is 2.23. The highest BCUT2D eigenvalue weighted by molar-refractivity contribution is 6.35. The highest BCUT2D eigenvalue weighted by Gasteiger charge is 2.09. The van der Waals surface area contributed by atoms with Crippen LogP contribution in [0.15, 0.2) is 24.4 Å². The Labute approximate surface area is 99.0 Å². The lowest BCUT2D eigenvalue weighted by Gasteiger charge is -2.02. The summed E-state index contributed by atoms with van der Waals surface area (Å²) in [6, 6.07) is 5.58. The molecule has 0 radical (unpaired) electrons. The average molecular weight is 237 g/mol. The number of benzene rings is 1. The summed E-state index contributed by atoms with van der Waals surface area (Å²) in [4.78, 5) is 11.7. The lowest BCUT2D eigenvalue weighted by Crippen LogP contribution is -2.18. The number of likely N-dealkylation sites (N-methyl/N-ethyl adjacent to an activating group) is 1. The van der Waals surface area contributed by atoms with E-state index in [1.807, 2.05) is 36.0 Å². The first-order valence-corrected chi connectivity index (χ1v) is 5.43. The molecule has 0 bridgehead atoms. The van der Waals surface area contributed by atoms with Crippen molar-refractivity contribution in [3.05, 3.63) is 35.0 Å². The van der Waals surface area contributed by atoms with Crippen molar-refractivity contribution in [2.75, 3.05) is 13.6 Å². The SMILES string of the molecule is CNCC(=O)c1ccc2c(Cl)cn(C)c2c1. The van der Waals surface area contributed by atoms with Gasteiger partial charge in [-0.25, -0.2) is 0 Å². The largest absolute Gasteiger partial charge is 0.349 e. The average Bonchev–Trinajstić information content (AvgIpc) is 2.55. The Morgan fingerprint density at radius 2 is 2.25 bits per heavy atom. The standard InChI is InChI=1S/C12H13ClN2O/c1-14-6-12(16)8-3-4-9-10(13)7-15(2)11(9)5-8/h3-5,7,14H,6H2,1-2H3. The number of fused-ring (bicyclic) bond motifs is 1. The minimum atomic E-state index is 0.0849. The highest BCUT2D eigenvalue weighted by atomic mass is 35.5. The fourth-order valence-corrected chi connectivity index (χ4v) is 2.08. The van der Waals surface area contributed by atoms with Gasteiger partial charge in [0.1, 0.15) is 0 Å². The molecule has 2 aromatic rings. The summed E-state index contributed by atoms with van der Waals surface area (Å²) in [6.07, 6.45) is 1.85. The van der Waals surface area contributed by atoms with Crippen LogP contribution in [-0.4, -0.2) is 23.9 Å². The first-order valence-electron chi connectivity index (χ1n) is 5.06. The molecule has 0 fully saturated rings. The zero-order valence-corrected chi connectivity index (χ0v) is 10.0. The topological polar surface area (TPSA) is 34.0 Å². The Balaban J connectivity index is 2.51. The van der Waals surface area contributed by atoms with E-state index >= 15 is 0 Å². The Morgan fingerprint density at radius 3 is 2.94 bits per heavy atom. The van der Waals surface area contributed by atoms with E-state index in [1.54, 1.807) is 7.05 Å². The van der Waals surface area contributed by atoms with Crippen LogP contribution in [0.3, 0.4) is 0 Å². The number of Topliss-reactive ketones (excluding diaryl/α,β-unsaturated/α-hetero) is 1. The molecule has 0 saturated carbocycles. The number of ketones is 1. The van der Waals surface area contributed by atoms with E-state index in [-0.39, 0.29) is 5.78 Å². The summed E-state index contributed by atoms with van der Waals surface area (Å²) in [7, 11) is 3.68. The van der Waals surface area contributed by atoms with Crippen molar-refractivity contribution in [3.63, 3.8) is 0 Å². The van der Waals surface area contributed by atoms with Crippen molar-refractivity contribution in [1.82, 2.24) is 9.88 Å². The third-order valence-corrected chi connectivity index (χ3v) is 2.90. The number of nitrogens with zero attached hydrogens (tertiary/aromatic N) is 1. The van der Waals surface area contributed by atoms with Gasteiger partial charge >= 0.3 is 0 Å². The molecule has 1 heterocycles. The molecule has 2 rings (SSSR count). The summed E-state index contributed by atoms with van der Waals surface area (Å²) in [5.74, 6) is 0.0849. The van der Waals surface area contributed by atoms with Crippen molar-refractivity contribution >= 4 is 28.3 Å². The van der Waals surface area contributed by atoms with Gasteiger partial charge in [-0.2, -0.15) is 0 Å². The second kappa shape index (κ2) is 4.28. The number of rotatable bonds is 3. The lowest BCUT2D eigenvalue weighted by atomic mass is 10.1. The molecule has 0 aliphatic carbocycles. The zero-order valence-electron chi connectivity index (χ0n) is 9.25. The van der Waals surface area contributed by atoms with E-state index in [9.17, 15) is 4.79 Å². The number of carbonyl (C=O) groups is 1. The maximum Gasteiger partial charge on any atom is 0.176 e. The third kappa shape index (κ3) is 1.84. The van der Waals surface area contributed by atoms with Gasteiger partial charge in [-0.1, -0.05) is 23.7 Å². The lowest BCUT2D eigenvalue weighted by molar-refractivity contribution is 0.0993. The van der Waals surface area contributed by atoms with Crippen LogP contribution in [-0.2, 0) is 7.05 Å². The molecule has 0 saturated heterocycles.